The van der Waals surface area contributed by atoms with Gasteiger partial charge in [-0.2, -0.15) is 0 Å². The van der Waals surface area contributed by atoms with Crippen LogP contribution in [-0.2, 0) is 4.57 Å². The fourth-order valence-corrected chi connectivity index (χ4v) is 2.09. The van der Waals surface area contributed by atoms with Crippen LogP contribution in [0.3, 0.4) is 0 Å². The quantitative estimate of drug-likeness (QED) is 0.222. The Balaban J connectivity index is 3.64. The molecule has 0 aromatic carbocycles. The molecule has 0 aromatic rings. The average molecular weight is 193 g/mol. The molecule has 0 aliphatic carbocycles. The van der Waals surface area contributed by atoms with Crippen molar-refractivity contribution in [2.24, 2.45) is 5.16 Å². The highest BCUT2D eigenvalue weighted by Gasteiger charge is 2.15. The molecule has 0 amide bonds. The van der Waals surface area contributed by atoms with Crippen molar-refractivity contribution in [2.45, 2.75) is 26.2 Å². The molecule has 0 radical (unpaired) electrons. The zero-order chi connectivity index (χ0) is 9.45. The van der Waals surface area contributed by atoms with Crippen molar-refractivity contribution in [3.63, 3.8) is 0 Å². The number of rotatable bonds is 6. The molecule has 12 heavy (non-hydrogen) atoms. The predicted molar refractivity (Wildman–Crippen MR) is 49.4 cm³/mol. The monoisotopic (exact) mass is 193 g/mol. The largest absolute Gasteiger partial charge is 0.411 e. The van der Waals surface area contributed by atoms with Gasteiger partial charge in [0, 0.05) is 6.16 Å². The van der Waals surface area contributed by atoms with E-state index >= 15 is 0 Å². The summed E-state index contributed by atoms with van der Waals surface area (Å²) in [5.41, 5.74) is 0. The first-order valence-corrected chi connectivity index (χ1v) is 6.12. The van der Waals surface area contributed by atoms with Gasteiger partial charge in [0.25, 0.3) is 0 Å². The van der Waals surface area contributed by atoms with E-state index in [-0.39, 0.29) is 6.16 Å². The Hall–Kier alpha value is -0.340. The zero-order valence-corrected chi connectivity index (χ0v) is 8.20. The minimum absolute atomic E-state index is 0.0206. The first-order valence-electron chi connectivity index (χ1n) is 4.09. The maximum atomic E-state index is 11.2. The third-order valence-corrected chi connectivity index (χ3v) is 3.31. The number of unbranched alkanes of at least 4 members (excludes halogenated alkanes) is 2. The SMILES string of the molecule is CCCCCP(=O)(O)CC=NO. The van der Waals surface area contributed by atoms with Crippen molar-refractivity contribution >= 4 is 13.6 Å². The number of hydrogen-bond donors (Lipinski definition) is 2. The van der Waals surface area contributed by atoms with Gasteiger partial charge in [-0.1, -0.05) is 19.8 Å². The summed E-state index contributed by atoms with van der Waals surface area (Å²) < 4.78 is 11.2. The van der Waals surface area contributed by atoms with Crippen LogP contribution in [0.2, 0.25) is 0 Å². The molecule has 1 unspecified atom stereocenters. The Labute approximate surface area is 72.7 Å². The highest BCUT2D eigenvalue weighted by atomic mass is 31.2. The van der Waals surface area contributed by atoms with Gasteiger partial charge in [0.1, 0.15) is 0 Å². The Morgan fingerprint density at radius 3 is 2.67 bits per heavy atom. The van der Waals surface area contributed by atoms with E-state index in [1.165, 1.54) is 0 Å². The van der Waals surface area contributed by atoms with Crippen LogP contribution in [0.25, 0.3) is 0 Å². The van der Waals surface area contributed by atoms with Crippen LogP contribution >= 0.6 is 7.37 Å². The number of oxime groups is 1. The number of hydrogen-bond acceptors (Lipinski definition) is 3. The van der Waals surface area contributed by atoms with Crippen molar-refractivity contribution in [3.8, 4) is 0 Å². The Morgan fingerprint density at radius 1 is 1.50 bits per heavy atom. The lowest BCUT2D eigenvalue weighted by molar-refractivity contribution is 0.321. The van der Waals surface area contributed by atoms with Crippen LogP contribution in [0, 0.1) is 0 Å². The van der Waals surface area contributed by atoms with E-state index in [9.17, 15) is 9.46 Å². The molecule has 0 aliphatic heterocycles. The summed E-state index contributed by atoms with van der Waals surface area (Å²) >= 11 is 0. The highest BCUT2D eigenvalue weighted by Crippen LogP contribution is 2.40. The minimum atomic E-state index is -3.05. The molecule has 1 atom stereocenters. The second kappa shape index (κ2) is 6.21. The summed E-state index contributed by atoms with van der Waals surface area (Å²) in [7, 11) is -3.05. The van der Waals surface area contributed by atoms with Gasteiger partial charge in [-0.05, 0) is 6.42 Å². The molecule has 72 valence electrons. The van der Waals surface area contributed by atoms with Crippen LogP contribution < -0.4 is 0 Å². The molecule has 0 aromatic heterocycles. The van der Waals surface area contributed by atoms with Crippen molar-refractivity contribution in [2.75, 3.05) is 12.3 Å². The van der Waals surface area contributed by atoms with Crippen molar-refractivity contribution in [1.29, 1.82) is 0 Å². The van der Waals surface area contributed by atoms with Gasteiger partial charge in [-0.3, -0.25) is 4.57 Å². The first-order chi connectivity index (χ1) is 5.62. The zero-order valence-electron chi connectivity index (χ0n) is 7.31. The van der Waals surface area contributed by atoms with Gasteiger partial charge in [0.05, 0.1) is 12.4 Å². The standard InChI is InChI=1S/C7H16NO3P/c1-2-3-4-6-12(10,11)7-5-8-9/h5,9H,2-4,6-7H2,1H3,(H,10,11). The van der Waals surface area contributed by atoms with E-state index in [0.717, 1.165) is 25.5 Å². The van der Waals surface area contributed by atoms with Gasteiger partial charge in [0.15, 0.2) is 0 Å². The summed E-state index contributed by atoms with van der Waals surface area (Å²) in [5, 5.41) is 10.7. The van der Waals surface area contributed by atoms with Gasteiger partial charge >= 0.3 is 0 Å². The Kier molecular flexibility index (Phi) is 6.03. The average Bonchev–Trinajstić information content (AvgIpc) is 2.01. The van der Waals surface area contributed by atoms with E-state index in [1.807, 2.05) is 6.92 Å². The molecule has 4 nitrogen and oxygen atoms in total. The summed E-state index contributed by atoms with van der Waals surface area (Å²) in [5.74, 6) is 0. The van der Waals surface area contributed by atoms with Gasteiger partial charge in [-0.15, -0.1) is 5.16 Å². The van der Waals surface area contributed by atoms with Gasteiger partial charge < -0.3 is 10.1 Å². The molecule has 0 bridgehead atoms. The first kappa shape index (κ1) is 11.7. The van der Waals surface area contributed by atoms with E-state index in [2.05, 4.69) is 5.16 Å². The maximum absolute atomic E-state index is 11.2. The van der Waals surface area contributed by atoms with Crippen molar-refractivity contribution in [3.05, 3.63) is 0 Å². The van der Waals surface area contributed by atoms with Gasteiger partial charge in [0.2, 0.25) is 7.37 Å². The smallest absolute Gasteiger partial charge is 0.205 e. The van der Waals surface area contributed by atoms with Crippen LogP contribution in [-0.4, -0.2) is 28.6 Å². The summed E-state index contributed by atoms with van der Waals surface area (Å²) in [6.45, 7) is 2.04. The molecule has 0 saturated heterocycles. The Morgan fingerprint density at radius 2 is 2.17 bits per heavy atom. The third kappa shape index (κ3) is 6.38. The fourth-order valence-electron chi connectivity index (χ4n) is 0.864. The molecule has 5 heteroatoms. The minimum Gasteiger partial charge on any atom is -0.411 e. The van der Waals surface area contributed by atoms with E-state index in [1.54, 1.807) is 0 Å². The van der Waals surface area contributed by atoms with E-state index in [0.29, 0.717) is 6.16 Å². The third-order valence-electron chi connectivity index (χ3n) is 1.56. The van der Waals surface area contributed by atoms with Crippen LogP contribution in [0.4, 0.5) is 0 Å². The molecule has 0 fully saturated rings. The fraction of sp³-hybridized carbons (Fsp3) is 0.857. The molecular weight excluding hydrogens is 177 g/mol. The van der Waals surface area contributed by atoms with Crippen LogP contribution in [0.5, 0.6) is 0 Å². The van der Waals surface area contributed by atoms with Crippen LogP contribution in [0.15, 0.2) is 5.16 Å². The second-order valence-electron chi connectivity index (χ2n) is 2.76. The lowest BCUT2D eigenvalue weighted by atomic mass is 10.3. The molecule has 0 spiro atoms. The van der Waals surface area contributed by atoms with Crippen LogP contribution in [0.1, 0.15) is 26.2 Å². The van der Waals surface area contributed by atoms with E-state index < -0.39 is 7.37 Å². The lowest BCUT2D eigenvalue weighted by Crippen LogP contribution is -1.95. The maximum Gasteiger partial charge on any atom is 0.205 e. The van der Waals surface area contributed by atoms with Crippen molar-refractivity contribution in [1.82, 2.24) is 0 Å². The molecule has 0 heterocycles. The topological polar surface area (TPSA) is 69.9 Å². The number of nitrogens with zero attached hydrogens (tertiary/aromatic N) is 1. The molecular formula is C7H16NO3P. The highest BCUT2D eigenvalue weighted by molar-refractivity contribution is 7.58. The lowest BCUT2D eigenvalue weighted by Gasteiger charge is -2.06. The molecule has 2 N–H and O–H groups in total. The predicted octanol–water partition coefficient (Wildman–Crippen LogP) is 1.91. The Bertz CT molecular complexity index is 181. The van der Waals surface area contributed by atoms with Gasteiger partial charge in [-0.25, -0.2) is 0 Å². The summed E-state index contributed by atoms with van der Waals surface area (Å²) in [6.07, 6.45) is 4.16. The summed E-state index contributed by atoms with van der Waals surface area (Å²) in [4.78, 5) is 9.23. The second-order valence-corrected chi connectivity index (χ2v) is 5.26. The normalized spacial score (nSPS) is 16.5. The molecule has 0 saturated carbocycles. The van der Waals surface area contributed by atoms with E-state index in [4.69, 9.17) is 5.21 Å². The molecule has 0 aliphatic rings. The molecule has 0 rings (SSSR count). The summed E-state index contributed by atoms with van der Waals surface area (Å²) in [6, 6.07) is 0. The van der Waals surface area contributed by atoms with Crippen molar-refractivity contribution < 1.29 is 14.7 Å².